The van der Waals surface area contributed by atoms with Gasteiger partial charge in [-0.2, -0.15) is 0 Å². The van der Waals surface area contributed by atoms with Gasteiger partial charge in [0.25, 0.3) is 5.91 Å². The Morgan fingerprint density at radius 3 is 2.58 bits per heavy atom. The number of halogens is 2. The summed E-state index contributed by atoms with van der Waals surface area (Å²) < 4.78 is 64.6. The molecule has 4 bridgehead atoms. The largest absolute Gasteiger partial charge is 0.490 e. The molecule has 2 aromatic rings. The highest BCUT2D eigenvalue weighted by Crippen LogP contribution is 2.50. The molecule has 0 unspecified atom stereocenters. The van der Waals surface area contributed by atoms with Crippen molar-refractivity contribution in [3.63, 3.8) is 0 Å². The average Bonchev–Trinajstić information content (AvgIpc) is 3.23. The van der Waals surface area contributed by atoms with Gasteiger partial charge < -0.3 is 19.1 Å². The molecular weight excluding hydrogens is 717 g/mol. The second-order valence-corrected chi connectivity index (χ2v) is 19.3. The predicted molar refractivity (Wildman–Crippen MR) is 204 cm³/mol. The molecule has 2 fully saturated rings. The van der Waals surface area contributed by atoms with Gasteiger partial charge in [-0.25, -0.2) is 17.5 Å². The molecule has 9 atom stereocenters. The lowest BCUT2D eigenvalue weighted by Crippen LogP contribution is -2.51. The molecule has 1 saturated heterocycles. The normalized spacial score (nSPS) is 35.4. The maximum absolute atomic E-state index is 15.5. The summed E-state index contributed by atoms with van der Waals surface area (Å²) in [5, 5.41) is -0.643. The fraction of sp³-hybridized carbons (Fsp3) is 0.634. The summed E-state index contributed by atoms with van der Waals surface area (Å²) in [6, 6.07) is 8.81. The molecule has 9 nitrogen and oxygen atoms in total. The zero-order chi connectivity index (χ0) is 37.2. The molecule has 12 heteroatoms. The van der Waals surface area contributed by atoms with Gasteiger partial charge in [0.1, 0.15) is 11.6 Å². The highest BCUT2D eigenvalue weighted by molar-refractivity contribution is 7.90. The molecule has 1 N–H and O–H groups in total. The van der Waals surface area contributed by atoms with E-state index in [0.717, 1.165) is 63.0 Å². The minimum atomic E-state index is -3.97. The van der Waals surface area contributed by atoms with Gasteiger partial charge in [-0.1, -0.05) is 30.7 Å². The van der Waals surface area contributed by atoms with Crippen LogP contribution in [0.25, 0.3) is 0 Å². The van der Waals surface area contributed by atoms with Crippen LogP contribution in [0.1, 0.15) is 81.3 Å². The number of nitrogens with zero attached hydrogens (tertiary/aromatic N) is 2. The van der Waals surface area contributed by atoms with E-state index in [1.165, 1.54) is 5.57 Å². The number of hydrogen-bond donors (Lipinski definition) is 1. The molecule has 7 aliphatic rings. The molecule has 3 aliphatic carbocycles. The number of carbonyl (C=O) groups excluding carboxylic acids is 1. The smallest absolute Gasteiger partial charge is 0.264 e. The Morgan fingerprint density at radius 2 is 1.85 bits per heavy atom. The first-order chi connectivity index (χ1) is 25.3. The van der Waals surface area contributed by atoms with Gasteiger partial charge in [-0.3, -0.25) is 9.69 Å². The quantitative estimate of drug-likeness (QED) is 0.352. The Labute approximate surface area is 318 Å². The number of sulfonamides is 1. The fourth-order valence-corrected chi connectivity index (χ4v) is 11.6. The minimum absolute atomic E-state index is 0.0535. The zero-order valence-corrected chi connectivity index (χ0v) is 32.9. The van der Waals surface area contributed by atoms with E-state index in [2.05, 4.69) is 34.4 Å². The minimum Gasteiger partial charge on any atom is -0.490 e. The molecule has 53 heavy (non-hydrogen) atoms. The van der Waals surface area contributed by atoms with E-state index in [-0.39, 0.29) is 46.6 Å². The van der Waals surface area contributed by atoms with E-state index in [0.29, 0.717) is 55.9 Å². The molecule has 4 heterocycles. The van der Waals surface area contributed by atoms with Crippen LogP contribution in [-0.2, 0) is 31.3 Å². The first-order valence-electron chi connectivity index (χ1n) is 19.6. The summed E-state index contributed by atoms with van der Waals surface area (Å²) in [7, 11) is -3.97. The molecule has 1 saturated carbocycles. The van der Waals surface area contributed by atoms with Gasteiger partial charge in [0.15, 0.2) is 0 Å². The molecule has 9 rings (SSSR count). The van der Waals surface area contributed by atoms with Crippen LogP contribution in [0.2, 0.25) is 5.02 Å². The molecule has 1 amide bonds. The van der Waals surface area contributed by atoms with Crippen LogP contribution in [0.15, 0.2) is 42.0 Å². The summed E-state index contributed by atoms with van der Waals surface area (Å²) in [4.78, 5) is 18.4. The Bertz CT molecular complexity index is 1880. The fourth-order valence-electron chi connectivity index (χ4n) is 10.0. The number of fused-ring (bicyclic) bond motifs is 6. The molecular formula is C41H53ClFN3O6S. The highest BCUT2D eigenvalue weighted by atomic mass is 35.5. The summed E-state index contributed by atoms with van der Waals surface area (Å²) in [5.74, 6) is 0.135. The van der Waals surface area contributed by atoms with Crippen LogP contribution in [0.5, 0.6) is 5.75 Å². The topological polar surface area (TPSA) is 97.4 Å². The van der Waals surface area contributed by atoms with Crippen molar-refractivity contribution in [2.75, 3.05) is 50.8 Å². The lowest BCUT2D eigenvalue weighted by Gasteiger charge is -2.49. The average molecular weight is 770 g/mol. The number of morpholine rings is 1. The lowest BCUT2D eigenvalue weighted by atomic mass is 9.64. The Morgan fingerprint density at radius 1 is 1.08 bits per heavy atom. The number of allylic oxidation sites excluding steroid dienone is 1. The van der Waals surface area contributed by atoms with Gasteiger partial charge in [0.2, 0.25) is 10.0 Å². The third-order valence-electron chi connectivity index (χ3n) is 13.3. The Kier molecular flexibility index (Phi) is 10.1. The van der Waals surface area contributed by atoms with E-state index in [9.17, 15) is 13.2 Å². The van der Waals surface area contributed by atoms with Crippen LogP contribution in [0.4, 0.5) is 10.1 Å². The van der Waals surface area contributed by atoms with Crippen molar-refractivity contribution in [3.8, 4) is 5.75 Å². The van der Waals surface area contributed by atoms with Gasteiger partial charge in [0.05, 0.1) is 47.5 Å². The number of anilines is 1. The Hall–Kier alpha value is -2.70. The summed E-state index contributed by atoms with van der Waals surface area (Å²) in [5.41, 5.74) is 3.36. The standard InChI is InChI=1S/C41H53ClFN3O6S/c1-24-19-45(20-25(2)52-24)14-15-50-39-31-16-30(17-31)26(3)27(4)53(48,49)44-40(47)28-8-12-37-36(18-28)46(21-29-7-9-32(29)39)22-41(23-51-37)13-5-6-33-34(41)10-11-35(42)38(33)43/h8,10-12,16,18,24-27,29-30,32,39H,5-7,9,13-15,17,19-23H2,1-4H3,(H,44,47)/t24-,25+,26-,27-,29+,30+,32-,39+,41+/m1/s1. The number of nitrogens with one attached hydrogen (secondary N) is 1. The second-order valence-electron chi connectivity index (χ2n) is 16.8. The number of hydrogen-bond acceptors (Lipinski definition) is 8. The summed E-state index contributed by atoms with van der Waals surface area (Å²) in [6.45, 7) is 12.7. The van der Waals surface area contributed by atoms with Crippen LogP contribution in [-0.4, -0.2) is 88.7 Å². The van der Waals surface area contributed by atoms with Crippen molar-refractivity contribution < 1.29 is 31.8 Å². The van der Waals surface area contributed by atoms with E-state index in [1.807, 2.05) is 13.0 Å². The van der Waals surface area contributed by atoms with E-state index in [1.54, 1.807) is 31.2 Å². The van der Waals surface area contributed by atoms with Crippen LogP contribution < -0.4 is 14.4 Å². The molecule has 4 aliphatic heterocycles. The first kappa shape index (κ1) is 37.2. The van der Waals surface area contributed by atoms with Gasteiger partial charge >= 0.3 is 0 Å². The lowest BCUT2D eigenvalue weighted by molar-refractivity contribution is -0.0820. The van der Waals surface area contributed by atoms with Crippen molar-refractivity contribution >= 4 is 33.2 Å². The summed E-state index contributed by atoms with van der Waals surface area (Å²) in [6.07, 6.45) is 7.68. The molecule has 2 aromatic carbocycles. The van der Waals surface area contributed by atoms with Crippen LogP contribution >= 0.6 is 11.6 Å². The molecule has 288 valence electrons. The molecule has 1 spiro atoms. The maximum atomic E-state index is 15.5. The van der Waals surface area contributed by atoms with E-state index < -0.39 is 26.6 Å². The zero-order valence-electron chi connectivity index (χ0n) is 31.3. The number of benzene rings is 2. The van der Waals surface area contributed by atoms with Gasteiger partial charge in [-0.15, -0.1) is 0 Å². The SMILES string of the molecule is C[C@@H]1[C@@H](C)S(=O)(=O)NC(=O)c2ccc3c(c2)N(C[C@@H]2CC[C@H]2[C@@H](OCCN2C[C@@H](C)O[C@@H](C)C2)C2=C[C@H]1C2)C[C@@]1(CCCc2c1ccc(Cl)c2F)CO3. The monoisotopic (exact) mass is 769 g/mol. The van der Waals surface area contributed by atoms with Crippen molar-refractivity contribution in [1.82, 2.24) is 9.62 Å². The van der Waals surface area contributed by atoms with Crippen LogP contribution in [0.3, 0.4) is 0 Å². The predicted octanol–water partition coefficient (Wildman–Crippen LogP) is 6.52. The van der Waals surface area contributed by atoms with Crippen molar-refractivity contribution in [2.45, 2.75) is 95.2 Å². The third kappa shape index (κ3) is 7.03. The van der Waals surface area contributed by atoms with E-state index in [4.69, 9.17) is 25.8 Å². The Balaban J connectivity index is 1.15. The number of amides is 1. The highest BCUT2D eigenvalue weighted by Gasteiger charge is 2.47. The van der Waals surface area contributed by atoms with Crippen molar-refractivity contribution in [3.05, 3.63) is 69.5 Å². The van der Waals surface area contributed by atoms with E-state index >= 15 is 4.39 Å². The van der Waals surface area contributed by atoms with Gasteiger partial charge in [-0.05, 0) is 124 Å². The summed E-state index contributed by atoms with van der Waals surface area (Å²) >= 11 is 6.28. The maximum Gasteiger partial charge on any atom is 0.264 e. The first-order valence-corrected chi connectivity index (χ1v) is 21.5. The van der Waals surface area contributed by atoms with Crippen molar-refractivity contribution in [1.29, 1.82) is 0 Å². The number of carbonyl (C=O) groups is 1. The molecule has 0 radical (unpaired) electrons. The third-order valence-corrected chi connectivity index (χ3v) is 15.5. The number of rotatable bonds is 4. The second kappa shape index (κ2) is 14.4. The molecule has 0 aromatic heterocycles. The van der Waals surface area contributed by atoms with Crippen LogP contribution in [0, 0.1) is 29.5 Å². The van der Waals surface area contributed by atoms with Crippen molar-refractivity contribution in [2.24, 2.45) is 23.7 Å². The number of ether oxygens (including phenoxy) is 3. The van der Waals surface area contributed by atoms with Gasteiger partial charge in [0, 0.05) is 43.7 Å².